The highest BCUT2D eigenvalue weighted by atomic mass is 16.5. The molecule has 5 nitrogen and oxygen atoms in total. The first-order valence-corrected chi connectivity index (χ1v) is 9.96. The van der Waals surface area contributed by atoms with Gasteiger partial charge in [-0.25, -0.2) is 0 Å². The average Bonchev–Trinajstić information content (AvgIpc) is 3.15. The van der Waals surface area contributed by atoms with Gasteiger partial charge in [0, 0.05) is 37.7 Å². The van der Waals surface area contributed by atoms with Gasteiger partial charge in [-0.05, 0) is 43.7 Å². The summed E-state index contributed by atoms with van der Waals surface area (Å²) in [5, 5.41) is 6.98. The van der Waals surface area contributed by atoms with Crippen LogP contribution in [-0.2, 0) is 11.3 Å². The second-order valence-corrected chi connectivity index (χ2v) is 7.61. The third-order valence-corrected chi connectivity index (χ3v) is 5.30. The van der Waals surface area contributed by atoms with E-state index in [0.717, 1.165) is 43.9 Å². The molecule has 1 aromatic carbocycles. The van der Waals surface area contributed by atoms with Crippen LogP contribution in [0.3, 0.4) is 0 Å². The van der Waals surface area contributed by atoms with Gasteiger partial charge in [0.2, 0.25) is 0 Å². The van der Waals surface area contributed by atoms with Crippen molar-refractivity contribution in [2.75, 3.05) is 26.9 Å². The second kappa shape index (κ2) is 9.26. The molecule has 0 bridgehead atoms. The normalized spacial score (nSPS) is 25.2. The van der Waals surface area contributed by atoms with Gasteiger partial charge in [0.25, 0.3) is 0 Å². The minimum Gasteiger partial charge on any atom is -0.493 e. The summed E-state index contributed by atoms with van der Waals surface area (Å²) in [4.78, 5) is 4.37. The van der Waals surface area contributed by atoms with Crippen LogP contribution in [0.2, 0.25) is 0 Å². The monoisotopic (exact) mass is 359 g/mol. The molecule has 3 unspecified atom stereocenters. The van der Waals surface area contributed by atoms with Gasteiger partial charge >= 0.3 is 0 Å². The van der Waals surface area contributed by atoms with E-state index in [2.05, 4.69) is 47.7 Å². The van der Waals surface area contributed by atoms with Crippen LogP contribution < -0.4 is 15.4 Å². The molecular weight excluding hydrogens is 326 g/mol. The van der Waals surface area contributed by atoms with Crippen LogP contribution in [0.4, 0.5) is 0 Å². The Morgan fingerprint density at radius 1 is 1.38 bits per heavy atom. The molecule has 0 amide bonds. The Morgan fingerprint density at radius 3 is 3.00 bits per heavy atom. The largest absolute Gasteiger partial charge is 0.493 e. The molecule has 2 fully saturated rings. The van der Waals surface area contributed by atoms with E-state index in [0.29, 0.717) is 18.5 Å². The number of ether oxygens (including phenoxy) is 2. The van der Waals surface area contributed by atoms with Crippen molar-refractivity contribution in [2.24, 2.45) is 16.8 Å². The van der Waals surface area contributed by atoms with Crippen molar-refractivity contribution in [3.63, 3.8) is 0 Å². The van der Waals surface area contributed by atoms with Crippen molar-refractivity contribution in [3.05, 3.63) is 29.3 Å². The number of hydrogen-bond acceptors (Lipinski definition) is 3. The van der Waals surface area contributed by atoms with Crippen LogP contribution in [0.1, 0.15) is 43.7 Å². The van der Waals surface area contributed by atoms with Gasteiger partial charge in [-0.3, -0.25) is 4.99 Å². The maximum absolute atomic E-state index is 6.13. The van der Waals surface area contributed by atoms with Gasteiger partial charge in [-0.1, -0.05) is 25.5 Å². The Labute approximate surface area is 157 Å². The lowest BCUT2D eigenvalue weighted by molar-refractivity contribution is 0.166. The zero-order valence-corrected chi connectivity index (χ0v) is 16.4. The predicted molar refractivity (Wildman–Crippen MR) is 106 cm³/mol. The first kappa shape index (κ1) is 19.0. The van der Waals surface area contributed by atoms with Gasteiger partial charge in [0.15, 0.2) is 5.96 Å². The number of aliphatic imine (C=N–C) groups is 1. The summed E-state index contributed by atoms with van der Waals surface area (Å²) in [6.07, 6.45) is 4.91. The third kappa shape index (κ3) is 5.37. The first-order valence-electron chi connectivity index (χ1n) is 9.96. The van der Waals surface area contributed by atoms with Crippen molar-refractivity contribution in [1.82, 2.24) is 10.6 Å². The highest BCUT2D eigenvalue weighted by molar-refractivity contribution is 5.80. The summed E-state index contributed by atoms with van der Waals surface area (Å²) in [5.74, 6) is 3.17. The number of benzene rings is 1. The Bertz CT molecular complexity index is 611. The Balaban J connectivity index is 1.52. The molecule has 1 aliphatic carbocycles. The molecule has 1 heterocycles. The summed E-state index contributed by atoms with van der Waals surface area (Å²) in [5.41, 5.74) is 2.38. The molecule has 26 heavy (non-hydrogen) atoms. The van der Waals surface area contributed by atoms with E-state index in [4.69, 9.17) is 9.47 Å². The fraction of sp³-hybridized carbons (Fsp3) is 0.667. The summed E-state index contributed by atoms with van der Waals surface area (Å²) < 4.78 is 11.6. The van der Waals surface area contributed by atoms with Crippen LogP contribution in [0.25, 0.3) is 0 Å². The molecule has 3 rings (SSSR count). The lowest BCUT2D eigenvalue weighted by atomic mass is 10.1. The highest BCUT2D eigenvalue weighted by Crippen LogP contribution is 2.34. The molecule has 0 aromatic heterocycles. The van der Waals surface area contributed by atoms with E-state index in [1.54, 1.807) is 0 Å². The number of rotatable bonds is 8. The first-order chi connectivity index (χ1) is 12.7. The highest BCUT2D eigenvalue weighted by Gasteiger charge is 2.36. The molecule has 0 spiro atoms. The molecular formula is C21H33N3O2. The maximum atomic E-state index is 6.13. The summed E-state index contributed by atoms with van der Waals surface area (Å²) in [7, 11) is 1.83. The number of aryl methyl sites for hydroxylation is 1. The molecule has 2 aliphatic rings. The maximum Gasteiger partial charge on any atom is 0.191 e. The number of guanidine groups is 1. The Kier molecular flexibility index (Phi) is 6.78. The molecule has 3 atom stereocenters. The molecule has 1 saturated heterocycles. The minimum atomic E-state index is 0.510. The zero-order valence-electron chi connectivity index (χ0n) is 16.4. The van der Waals surface area contributed by atoms with Crippen LogP contribution in [-0.4, -0.2) is 38.9 Å². The van der Waals surface area contributed by atoms with Crippen molar-refractivity contribution >= 4 is 5.96 Å². The zero-order chi connectivity index (χ0) is 18.4. The van der Waals surface area contributed by atoms with Crippen molar-refractivity contribution in [1.29, 1.82) is 0 Å². The lowest BCUT2D eigenvalue weighted by Crippen LogP contribution is -2.38. The average molecular weight is 360 g/mol. The van der Waals surface area contributed by atoms with E-state index < -0.39 is 0 Å². The quantitative estimate of drug-likeness (QED) is 0.553. The van der Waals surface area contributed by atoms with Crippen LogP contribution in [0, 0.1) is 18.8 Å². The van der Waals surface area contributed by atoms with Crippen molar-refractivity contribution < 1.29 is 9.47 Å². The molecule has 5 heteroatoms. The van der Waals surface area contributed by atoms with Gasteiger partial charge in [0.1, 0.15) is 5.75 Å². The molecule has 1 aliphatic heterocycles. The van der Waals surface area contributed by atoms with E-state index in [1.165, 1.54) is 30.4 Å². The second-order valence-electron chi connectivity index (χ2n) is 7.61. The fourth-order valence-corrected chi connectivity index (χ4v) is 3.53. The van der Waals surface area contributed by atoms with E-state index >= 15 is 0 Å². The number of nitrogens with one attached hydrogen (secondary N) is 2. The number of hydrogen-bond donors (Lipinski definition) is 2. The van der Waals surface area contributed by atoms with E-state index in [-0.39, 0.29) is 0 Å². The predicted octanol–water partition coefficient (Wildman–Crippen LogP) is 3.26. The van der Waals surface area contributed by atoms with Crippen LogP contribution >= 0.6 is 0 Å². The Morgan fingerprint density at radius 2 is 2.27 bits per heavy atom. The molecule has 144 valence electrons. The van der Waals surface area contributed by atoms with E-state index in [9.17, 15) is 0 Å². The smallest absolute Gasteiger partial charge is 0.191 e. The Hall–Kier alpha value is -1.75. The molecule has 1 aromatic rings. The van der Waals surface area contributed by atoms with Crippen LogP contribution in [0.5, 0.6) is 5.75 Å². The minimum absolute atomic E-state index is 0.510. The standard InChI is InChI=1S/C21H33N3O2/c1-4-5-17-11-19(17)24-21(22-3)23-12-18-7-6-15(2)10-20(18)26-14-16-8-9-25-13-16/h6-7,10,16-17,19H,4-5,8-9,11-14H2,1-3H3,(H2,22,23,24). The fourth-order valence-electron chi connectivity index (χ4n) is 3.53. The van der Waals surface area contributed by atoms with Crippen molar-refractivity contribution in [3.8, 4) is 5.75 Å². The van der Waals surface area contributed by atoms with Gasteiger partial charge in [-0.2, -0.15) is 0 Å². The summed E-state index contributed by atoms with van der Waals surface area (Å²) in [6.45, 7) is 7.46. The van der Waals surface area contributed by atoms with Gasteiger partial charge < -0.3 is 20.1 Å². The summed E-state index contributed by atoms with van der Waals surface area (Å²) >= 11 is 0. The van der Waals surface area contributed by atoms with E-state index in [1.807, 2.05) is 7.05 Å². The van der Waals surface area contributed by atoms with Crippen molar-refractivity contribution in [2.45, 2.75) is 52.1 Å². The lowest BCUT2D eigenvalue weighted by Gasteiger charge is -2.17. The molecule has 2 N–H and O–H groups in total. The van der Waals surface area contributed by atoms with Gasteiger partial charge in [-0.15, -0.1) is 0 Å². The number of nitrogens with zero attached hydrogens (tertiary/aromatic N) is 1. The topological polar surface area (TPSA) is 54.9 Å². The summed E-state index contributed by atoms with van der Waals surface area (Å²) in [6, 6.07) is 6.99. The van der Waals surface area contributed by atoms with Gasteiger partial charge in [0.05, 0.1) is 13.2 Å². The molecule has 1 saturated carbocycles. The van der Waals surface area contributed by atoms with Crippen LogP contribution in [0.15, 0.2) is 23.2 Å². The SMILES string of the molecule is CCCC1CC1NC(=NC)NCc1ccc(C)cc1OCC1CCOC1. The molecule has 0 radical (unpaired) electrons. The third-order valence-electron chi connectivity index (χ3n) is 5.30.